The lowest BCUT2D eigenvalue weighted by molar-refractivity contribution is -0.141. The van der Waals surface area contributed by atoms with Gasteiger partial charge in [-0.2, -0.15) is 0 Å². The molecule has 2 aromatic rings. The van der Waals surface area contributed by atoms with Crippen molar-refractivity contribution in [3.05, 3.63) is 65.7 Å². The molecular formula is C20H25Cl2FN4O3. The van der Waals surface area contributed by atoms with Gasteiger partial charge < -0.3 is 20.3 Å². The molecule has 1 saturated heterocycles. The monoisotopic (exact) mass is 458 g/mol. The molecule has 1 aliphatic rings. The molecule has 7 nitrogen and oxygen atoms in total. The molecule has 30 heavy (non-hydrogen) atoms. The average molecular weight is 459 g/mol. The van der Waals surface area contributed by atoms with E-state index in [2.05, 4.69) is 15.6 Å². The lowest BCUT2D eigenvalue weighted by Gasteiger charge is -2.36. The summed E-state index contributed by atoms with van der Waals surface area (Å²) in [4.78, 5) is 30.1. The molecule has 1 unspecified atom stereocenters. The summed E-state index contributed by atoms with van der Waals surface area (Å²) in [5.74, 6) is -0.869. The Bertz CT molecular complexity index is 814. The van der Waals surface area contributed by atoms with Crippen LogP contribution < -0.4 is 10.6 Å². The fourth-order valence-electron chi connectivity index (χ4n) is 3.08. The van der Waals surface area contributed by atoms with Crippen LogP contribution in [-0.2, 0) is 20.9 Å². The van der Waals surface area contributed by atoms with E-state index in [1.165, 1.54) is 12.1 Å². The van der Waals surface area contributed by atoms with E-state index in [9.17, 15) is 14.0 Å². The fraction of sp³-hybridized carbons (Fsp3) is 0.350. The number of pyridine rings is 1. The van der Waals surface area contributed by atoms with Crippen LogP contribution in [0.15, 0.2) is 48.8 Å². The van der Waals surface area contributed by atoms with Gasteiger partial charge >= 0.3 is 0 Å². The molecule has 1 fully saturated rings. The minimum Gasteiger partial charge on any atom is -0.362 e. The number of piperazine rings is 1. The van der Waals surface area contributed by atoms with E-state index in [1.807, 2.05) is 6.07 Å². The largest absolute Gasteiger partial charge is 0.362 e. The number of carbonyl (C=O) groups excluding carboxylic acids is 2. The number of hydrogen-bond acceptors (Lipinski definition) is 5. The van der Waals surface area contributed by atoms with Gasteiger partial charge in [-0.25, -0.2) is 4.39 Å². The Balaban J connectivity index is 0.00000225. The van der Waals surface area contributed by atoms with Crippen molar-refractivity contribution < 1.29 is 18.7 Å². The Hall–Kier alpha value is -2.26. The second-order valence-corrected chi connectivity index (χ2v) is 6.49. The highest BCUT2D eigenvalue weighted by atomic mass is 35.5. The smallest absolute Gasteiger partial charge is 0.249 e. The maximum atomic E-state index is 13.5. The number of ether oxygens (including phenoxy) is 1. The summed E-state index contributed by atoms with van der Waals surface area (Å²) >= 11 is 0. The predicted molar refractivity (Wildman–Crippen MR) is 115 cm³/mol. The van der Waals surface area contributed by atoms with Gasteiger partial charge in [0.2, 0.25) is 11.8 Å². The minimum atomic E-state index is -0.336. The van der Waals surface area contributed by atoms with Gasteiger partial charge in [-0.05, 0) is 29.3 Å². The Morgan fingerprint density at radius 2 is 2.07 bits per heavy atom. The molecule has 2 amide bonds. The number of nitrogens with zero attached hydrogens (tertiary/aromatic N) is 2. The number of amides is 2. The number of carbonyl (C=O) groups is 2. The lowest BCUT2D eigenvalue weighted by Crippen LogP contribution is -2.50. The normalized spacial score (nSPS) is 15.5. The third-order valence-corrected chi connectivity index (χ3v) is 4.47. The van der Waals surface area contributed by atoms with Crippen LogP contribution in [0.1, 0.15) is 17.2 Å². The fourth-order valence-corrected chi connectivity index (χ4v) is 3.08. The molecule has 2 heterocycles. The quantitative estimate of drug-likeness (QED) is 0.661. The summed E-state index contributed by atoms with van der Waals surface area (Å²) in [5, 5.41) is 5.93. The molecule has 3 rings (SSSR count). The van der Waals surface area contributed by atoms with Crippen molar-refractivity contribution in [3.8, 4) is 0 Å². The van der Waals surface area contributed by atoms with Crippen molar-refractivity contribution in [2.45, 2.75) is 12.6 Å². The van der Waals surface area contributed by atoms with Crippen LogP contribution in [0.2, 0.25) is 0 Å². The lowest BCUT2D eigenvalue weighted by atomic mass is 10.0. The Labute approximate surface area is 187 Å². The first kappa shape index (κ1) is 25.8. The van der Waals surface area contributed by atoms with E-state index < -0.39 is 0 Å². The summed E-state index contributed by atoms with van der Waals surface area (Å²) in [7, 11) is 0. The third kappa shape index (κ3) is 7.53. The second-order valence-electron chi connectivity index (χ2n) is 6.49. The number of halogens is 3. The standard InChI is InChI=1S/C20H23FN4O3.2ClH/c21-17-5-1-4-16(9-17)18-12-23-7-8-25(18)20(27)14-28-13-19(26)24-11-15-3-2-6-22-10-15;;/h1-6,9-10,18,23H,7-8,11-14H2,(H,24,26);2*1H. The van der Waals surface area contributed by atoms with Gasteiger partial charge in [-0.3, -0.25) is 14.6 Å². The van der Waals surface area contributed by atoms with Gasteiger partial charge in [-0.1, -0.05) is 18.2 Å². The van der Waals surface area contributed by atoms with E-state index in [0.29, 0.717) is 26.2 Å². The highest BCUT2D eigenvalue weighted by Crippen LogP contribution is 2.23. The van der Waals surface area contributed by atoms with Crippen LogP contribution in [0.25, 0.3) is 0 Å². The van der Waals surface area contributed by atoms with Crippen LogP contribution in [0.3, 0.4) is 0 Å². The predicted octanol–water partition coefficient (Wildman–Crippen LogP) is 1.87. The van der Waals surface area contributed by atoms with Gasteiger partial charge in [0.15, 0.2) is 0 Å². The molecule has 0 radical (unpaired) electrons. The maximum absolute atomic E-state index is 13.5. The molecule has 164 valence electrons. The van der Waals surface area contributed by atoms with Gasteiger partial charge in [-0.15, -0.1) is 24.8 Å². The van der Waals surface area contributed by atoms with Gasteiger partial charge in [0.05, 0.1) is 6.04 Å². The van der Waals surface area contributed by atoms with Crippen LogP contribution in [0.4, 0.5) is 4.39 Å². The molecule has 10 heteroatoms. The molecule has 0 bridgehead atoms. The Morgan fingerprint density at radius 1 is 1.23 bits per heavy atom. The van der Waals surface area contributed by atoms with Crippen molar-refractivity contribution in [2.24, 2.45) is 0 Å². The van der Waals surface area contributed by atoms with E-state index in [0.717, 1.165) is 11.1 Å². The number of hydrogen-bond donors (Lipinski definition) is 2. The zero-order chi connectivity index (χ0) is 19.8. The number of aromatic nitrogens is 1. The maximum Gasteiger partial charge on any atom is 0.249 e. The number of rotatable bonds is 7. The summed E-state index contributed by atoms with van der Waals surface area (Å²) < 4.78 is 18.8. The first-order chi connectivity index (χ1) is 13.6. The van der Waals surface area contributed by atoms with Gasteiger partial charge in [0.25, 0.3) is 0 Å². The van der Waals surface area contributed by atoms with E-state index >= 15 is 0 Å². The highest BCUT2D eigenvalue weighted by molar-refractivity contribution is 5.85. The molecular weight excluding hydrogens is 434 g/mol. The molecule has 1 atom stereocenters. The van der Waals surface area contributed by atoms with Crippen molar-refractivity contribution in [1.82, 2.24) is 20.5 Å². The summed E-state index contributed by atoms with van der Waals surface area (Å²) in [6, 6.07) is 9.62. The summed E-state index contributed by atoms with van der Waals surface area (Å²) in [6.07, 6.45) is 3.33. The van der Waals surface area contributed by atoms with Crippen LogP contribution >= 0.6 is 24.8 Å². The first-order valence-electron chi connectivity index (χ1n) is 9.12. The zero-order valence-electron chi connectivity index (χ0n) is 16.3. The molecule has 0 saturated carbocycles. The van der Waals surface area contributed by atoms with Gasteiger partial charge in [0, 0.05) is 38.6 Å². The van der Waals surface area contributed by atoms with Crippen molar-refractivity contribution >= 4 is 36.6 Å². The van der Waals surface area contributed by atoms with Crippen molar-refractivity contribution in [3.63, 3.8) is 0 Å². The Morgan fingerprint density at radius 3 is 2.80 bits per heavy atom. The van der Waals surface area contributed by atoms with E-state index in [1.54, 1.807) is 35.5 Å². The molecule has 0 aliphatic carbocycles. The summed E-state index contributed by atoms with van der Waals surface area (Å²) in [6.45, 7) is 1.64. The molecule has 1 aromatic heterocycles. The highest BCUT2D eigenvalue weighted by Gasteiger charge is 2.28. The van der Waals surface area contributed by atoms with Crippen LogP contribution in [0, 0.1) is 5.82 Å². The second kappa shape index (κ2) is 13.1. The number of benzene rings is 1. The van der Waals surface area contributed by atoms with Gasteiger partial charge in [0.1, 0.15) is 19.0 Å². The third-order valence-electron chi connectivity index (χ3n) is 4.47. The molecule has 1 aromatic carbocycles. The number of nitrogens with one attached hydrogen (secondary N) is 2. The van der Waals surface area contributed by atoms with Crippen LogP contribution in [0.5, 0.6) is 0 Å². The summed E-state index contributed by atoms with van der Waals surface area (Å²) in [5.41, 5.74) is 1.61. The van der Waals surface area contributed by atoms with Crippen molar-refractivity contribution in [2.75, 3.05) is 32.8 Å². The molecule has 0 spiro atoms. The topological polar surface area (TPSA) is 83.6 Å². The van der Waals surface area contributed by atoms with E-state index in [-0.39, 0.29) is 61.7 Å². The SMILES string of the molecule is Cl.Cl.O=C(COCC(=O)N1CCNCC1c1cccc(F)c1)NCc1cccnc1. The van der Waals surface area contributed by atoms with Crippen molar-refractivity contribution in [1.29, 1.82) is 0 Å². The Kier molecular flexibility index (Phi) is 11.3. The molecule has 2 N–H and O–H groups in total. The average Bonchev–Trinajstić information content (AvgIpc) is 2.73. The zero-order valence-corrected chi connectivity index (χ0v) is 17.9. The molecule has 1 aliphatic heterocycles. The van der Waals surface area contributed by atoms with Crippen LogP contribution in [-0.4, -0.2) is 54.5 Å². The first-order valence-corrected chi connectivity index (χ1v) is 9.12. The van der Waals surface area contributed by atoms with E-state index in [4.69, 9.17) is 4.74 Å². The minimum absolute atomic E-state index is 0.